The van der Waals surface area contributed by atoms with Crippen LogP contribution in [0.3, 0.4) is 0 Å². The van der Waals surface area contributed by atoms with Gasteiger partial charge in [0.2, 0.25) is 5.91 Å². The minimum absolute atomic E-state index is 0.212. The molecule has 8 heteroatoms. The third kappa shape index (κ3) is 3.52. The van der Waals surface area contributed by atoms with Gasteiger partial charge in [-0.3, -0.25) is 9.69 Å². The van der Waals surface area contributed by atoms with E-state index in [-0.39, 0.29) is 18.0 Å². The number of thioether (sulfide) groups is 1. The van der Waals surface area contributed by atoms with Gasteiger partial charge in [0.15, 0.2) is 0 Å². The highest BCUT2D eigenvalue weighted by Gasteiger charge is 2.41. The fraction of sp³-hybridized carbons (Fsp3) is 0.727. The number of amides is 3. The van der Waals surface area contributed by atoms with Gasteiger partial charge >= 0.3 is 12.0 Å². The van der Waals surface area contributed by atoms with Gasteiger partial charge in [0.25, 0.3) is 0 Å². The quantitative estimate of drug-likeness (QED) is 0.766. The van der Waals surface area contributed by atoms with Gasteiger partial charge in [-0.2, -0.15) is 0 Å². The van der Waals surface area contributed by atoms with Crippen LogP contribution < -0.4 is 5.73 Å². The Balaban J connectivity index is 2.93. The summed E-state index contributed by atoms with van der Waals surface area (Å²) in [4.78, 5) is 37.2. The molecule has 0 aromatic rings. The predicted molar refractivity (Wildman–Crippen MR) is 71.6 cm³/mol. The van der Waals surface area contributed by atoms with E-state index < -0.39 is 23.9 Å². The van der Waals surface area contributed by atoms with Crippen molar-refractivity contribution in [3.63, 3.8) is 0 Å². The second-order valence-corrected chi connectivity index (χ2v) is 6.01. The van der Waals surface area contributed by atoms with Gasteiger partial charge in [0.05, 0.1) is 5.37 Å². The lowest BCUT2D eigenvalue weighted by molar-refractivity contribution is -0.141. The molecule has 2 atom stereocenters. The average Bonchev–Trinajstić information content (AvgIpc) is 2.66. The Labute approximate surface area is 116 Å². The minimum atomic E-state index is -1.03. The van der Waals surface area contributed by atoms with Crippen LogP contribution in [-0.4, -0.2) is 62.6 Å². The molecule has 1 fully saturated rings. The Kier molecular flexibility index (Phi) is 5.04. The topological polar surface area (TPSA) is 104 Å². The lowest BCUT2D eigenvalue weighted by Crippen LogP contribution is -2.54. The van der Waals surface area contributed by atoms with E-state index in [0.29, 0.717) is 5.75 Å². The average molecular weight is 289 g/mol. The summed E-state index contributed by atoms with van der Waals surface area (Å²) < 4.78 is 0. The predicted octanol–water partition coefficient (Wildman–Crippen LogP) is 0.150. The molecule has 0 spiro atoms. The van der Waals surface area contributed by atoms with Gasteiger partial charge in [-0.15, -0.1) is 11.8 Å². The summed E-state index contributed by atoms with van der Waals surface area (Å²) >= 11 is 1.40. The molecule has 2 unspecified atom stereocenters. The Bertz CT molecular complexity index is 388. The number of hydrogen-bond acceptors (Lipinski definition) is 4. The van der Waals surface area contributed by atoms with Crippen LogP contribution in [0.5, 0.6) is 0 Å². The molecule has 3 amide bonds. The molecular weight excluding hydrogens is 270 g/mol. The van der Waals surface area contributed by atoms with E-state index in [1.165, 1.54) is 21.6 Å². The first kappa shape index (κ1) is 15.6. The third-order valence-corrected chi connectivity index (χ3v) is 4.14. The molecule has 108 valence electrons. The van der Waals surface area contributed by atoms with Gasteiger partial charge < -0.3 is 15.7 Å². The Morgan fingerprint density at radius 2 is 2.05 bits per heavy atom. The fourth-order valence-electron chi connectivity index (χ4n) is 1.91. The second kappa shape index (κ2) is 6.14. The molecule has 1 aliphatic rings. The van der Waals surface area contributed by atoms with Gasteiger partial charge in [-0.1, -0.05) is 0 Å². The lowest BCUT2D eigenvalue weighted by Gasteiger charge is -2.33. The maximum Gasteiger partial charge on any atom is 0.327 e. The van der Waals surface area contributed by atoms with Crippen LogP contribution in [-0.2, 0) is 9.59 Å². The largest absolute Gasteiger partial charge is 0.480 e. The molecule has 0 bridgehead atoms. The molecule has 0 aromatic heterocycles. The zero-order valence-electron chi connectivity index (χ0n) is 11.2. The minimum Gasteiger partial charge on any atom is -0.480 e. The number of primary amides is 1. The summed E-state index contributed by atoms with van der Waals surface area (Å²) in [5, 5.41) is 8.90. The third-order valence-electron chi connectivity index (χ3n) is 2.92. The van der Waals surface area contributed by atoms with E-state index in [0.717, 1.165) is 0 Å². The van der Waals surface area contributed by atoms with E-state index in [9.17, 15) is 14.4 Å². The molecule has 0 saturated carbocycles. The first-order valence-corrected chi connectivity index (χ1v) is 7.02. The van der Waals surface area contributed by atoms with Crippen LogP contribution in [0.1, 0.15) is 20.8 Å². The molecular formula is C11H19N3O4S. The number of rotatable bonds is 4. The van der Waals surface area contributed by atoms with Crippen molar-refractivity contribution in [3.8, 4) is 0 Å². The SMILES string of the molecule is CC(C)N(CC(N)=O)C(=O)N1C(C)SCC1C(=O)O. The van der Waals surface area contributed by atoms with Gasteiger partial charge in [0, 0.05) is 11.8 Å². The van der Waals surface area contributed by atoms with Crippen LogP contribution in [0, 0.1) is 0 Å². The number of urea groups is 1. The molecule has 1 aliphatic heterocycles. The summed E-state index contributed by atoms with van der Waals surface area (Å²) in [6, 6.07) is -1.55. The van der Waals surface area contributed by atoms with E-state index in [2.05, 4.69) is 0 Å². The highest BCUT2D eigenvalue weighted by molar-refractivity contribution is 8.00. The van der Waals surface area contributed by atoms with Crippen molar-refractivity contribution < 1.29 is 19.5 Å². The molecule has 0 aromatic carbocycles. The van der Waals surface area contributed by atoms with Crippen LogP contribution in [0.2, 0.25) is 0 Å². The van der Waals surface area contributed by atoms with Crippen molar-refractivity contribution in [1.29, 1.82) is 0 Å². The number of carbonyl (C=O) groups excluding carboxylic acids is 2. The summed E-state index contributed by atoms with van der Waals surface area (Å²) in [6.45, 7) is 5.07. The lowest BCUT2D eigenvalue weighted by atomic mass is 10.2. The highest BCUT2D eigenvalue weighted by atomic mass is 32.2. The monoisotopic (exact) mass is 289 g/mol. The first-order valence-electron chi connectivity index (χ1n) is 5.97. The molecule has 0 radical (unpaired) electrons. The maximum atomic E-state index is 12.4. The number of carboxylic acid groups (broad SMARTS) is 1. The number of hydrogen-bond donors (Lipinski definition) is 2. The Morgan fingerprint density at radius 3 is 2.47 bits per heavy atom. The van der Waals surface area contributed by atoms with E-state index in [1.54, 1.807) is 20.8 Å². The van der Waals surface area contributed by atoms with E-state index >= 15 is 0 Å². The number of carboxylic acids is 1. The summed E-state index contributed by atoms with van der Waals surface area (Å²) in [7, 11) is 0. The summed E-state index contributed by atoms with van der Waals surface area (Å²) in [5.74, 6) is -1.30. The maximum absolute atomic E-state index is 12.4. The van der Waals surface area contributed by atoms with Gasteiger partial charge in [-0.25, -0.2) is 9.59 Å². The molecule has 1 rings (SSSR count). The fourth-order valence-corrected chi connectivity index (χ4v) is 3.07. The van der Waals surface area contributed by atoms with Crippen molar-refractivity contribution in [2.45, 2.75) is 38.2 Å². The smallest absolute Gasteiger partial charge is 0.327 e. The summed E-state index contributed by atoms with van der Waals surface area (Å²) in [6.07, 6.45) is 0. The Hall–Kier alpha value is -1.44. The van der Waals surface area contributed by atoms with Gasteiger partial charge in [-0.05, 0) is 20.8 Å². The molecule has 7 nitrogen and oxygen atoms in total. The first-order chi connectivity index (χ1) is 8.75. The Morgan fingerprint density at radius 1 is 1.47 bits per heavy atom. The zero-order chi connectivity index (χ0) is 14.7. The van der Waals surface area contributed by atoms with E-state index in [1.807, 2.05) is 0 Å². The molecule has 1 saturated heterocycles. The zero-order valence-corrected chi connectivity index (χ0v) is 12.0. The second-order valence-electron chi connectivity index (χ2n) is 4.66. The van der Waals surface area contributed by atoms with Crippen LogP contribution in [0.15, 0.2) is 0 Å². The number of nitrogens with zero attached hydrogens (tertiary/aromatic N) is 2. The van der Waals surface area contributed by atoms with Crippen molar-refractivity contribution in [2.24, 2.45) is 5.73 Å². The van der Waals surface area contributed by atoms with Crippen LogP contribution >= 0.6 is 11.8 Å². The number of aliphatic carboxylic acids is 1. The molecule has 19 heavy (non-hydrogen) atoms. The van der Waals surface area contributed by atoms with Crippen molar-refractivity contribution in [1.82, 2.24) is 9.80 Å². The van der Waals surface area contributed by atoms with Crippen molar-refractivity contribution >= 4 is 29.7 Å². The van der Waals surface area contributed by atoms with E-state index in [4.69, 9.17) is 10.8 Å². The van der Waals surface area contributed by atoms with Crippen LogP contribution in [0.4, 0.5) is 4.79 Å². The normalized spacial score (nSPS) is 22.6. The molecule has 1 heterocycles. The molecule has 0 aliphatic carbocycles. The van der Waals surface area contributed by atoms with Crippen molar-refractivity contribution in [2.75, 3.05) is 12.3 Å². The van der Waals surface area contributed by atoms with Crippen LogP contribution in [0.25, 0.3) is 0 Å². The number of carbonyl (C=O) groups is 3. The van der Waals surface area contributed by atoms with Gasteiger partial charge in [0.1, 0.15) is 12.6 Å². The number of nitrogens with two attached hydrogens (primary N) is 1. The highest BCUT2D eigenvalue weighted by Crippen LogP contribution is 2.30. The standard InChI is InChI=1S/C11H19N3O4S/c1-6(2)13(4-9(12)15)11(18)14-7(3)19-5-8(14)10(16)17/h6-8H,4-5H2,1-3H3,(H2,12,15)(H,16,17). The molecule has 3 N–H and O–H groups in total. The van der Waals surface area contributed by atoms with Crippen molar-refractivity contribution in [3.05, 3.63) is 0 Å². The summed E-state index contributed by atoms with van der Waals surface area (Å²) in [5.41, 5.74) is 5.12.